The van der Waals surface area contributed by atoms with Gasteiger partial charge in [0.2, 0.25) is 41.4 Å². The molecular formula is C56H71N9O10. The van der Waals surface area contributed by atoms with Crippen molar-refractivity contribution in [2.45, 2.75) is 122 Å². The molecule has 4 aromatic carbocycles. The summed E-state index contributed by atoms with van der Waals surface area (Å²) in [5.74, 6) is -6.59. The molecule has 2 heterocycles. The summed E-state index contributed by atoms with van der Waals surface area (Å²) in [5, 5.41) is 36.0. The first-order chi connectivity index (χ1) is 35.8. The number of nitrogens with one attached hydrogen (secondary N) is 5. The van der Waals surface area contributed by atoms with Crippen LogP contribution in [0.2, 0.25) is 0 Å². The summed E-state index contributed by atoms with van der Waals surface area (Å²) < 4.78 is 0. The van der Waals surface area contributed by atoms with Gasteiger partial charge in [0, 0.05) is 43.2 Å². The van der Waals surface area contributed by atoms with E-state index in [2.05, 4.69) is 57.8 Å². The van der Waals surface area contributed by atoms with E-state index in [0.29, 0.717) is 43.4 Å². The van der Waals surface area contributed by atoms with E-state index in [1.807, 2.05) is 12.1 Å². The highest BCUT2D eigenvalue weighted by Crippen LogP contribution is 2.39. The van der Waals surface area contributed by atoms with E-state index < -0.39 is 83.5 Å². The predicted molar refractivity (Wildman–Crippen MR) is 282 cm³/mol. The van der Waals surface area contributed by atoms with Gasteiger partial charge in [-0.15, -0.1) is 0 Å². The molecule has 0 saturated carbocycles. The van der Waals surface area contributed by atoms with Gasteiger partial charge in [0.1, 0.15) is 47.8 Å². The van der Waals surface area contributed by atoms with Crippen molar-refractivity contribution in [2.24, 2.45) is 17.4 Å². The molecule has 8 amide bonds. The number of nitrogens with zero attached hydrogens (tertiary/aromatic N) is 2. The van der Waals surface area contributed by atoms with Crippen molar-refractivity contribution < 1.29 is 48.6 Å². The SMILES string of the molecule is CCCCc1ccc(-c2ccc(C(=O)NC[C@@H](C)C(=O)N[C@@H](CCCCN)C(=O)N(C)[C@@H]3C(=O)N[C@@H](C)C(=O)N[C@H](C(=O)N[C@@H](C)C(=O)N4CCC[C@H]4C(N)=O)Cc4ccc(O)c(c4)-c4cc3ccc4O)cc2)cc1. The second-order valence-electron chi connectivity index (χ2n) is 19.6. The van der Waals surface area contributed by atoms with Crippen molar-refractivity contribution in [3.05, 3.63) is 107 Å². The van der Waals surface area contributed by atoms with Crippen molar-refractivity contribution >= 4 is 47.3 Å². The third kappa shape index (κ3) is 14.3. The van der Waals surface area contributed by atoms with Crippen LogP contribution in [0.25, 0.3) is 22.3 Å². The molecular weight excluding hydrogens is 959 g/mol. The Hall–Kier alpha value is -7.80. The summed E-state index contributed by atoms with van der Waals surface area (Å²) in [7, 11) is 1.36. The lowest BCUT2D eigenvalue weighted by Crippen LogP contribution is -2.58. The number of hydrogen-bond donors (Lipinski definition) is 9. The number of aryl methyl sites for hydroxylation is 1. The maximum atomic E-state index is 14.7. The molecule has 0 unspecified atom stereocenters. The third-order valence-electron chi connectivity index (χ3n) is 13.9. The lowest BCUT2D eigenvalue weighted by atomic mass is 9.93. The van der Waals surface area contributed by atoms with Crippen LogP contribution < -0.4 is 38.1 Å². The van der Waals surface area contributed by atoms with Gasteiger partial charge in [-0.1, -0.05) is 68.8 Å². The number of benzene rings is 4. The Morgan fingerprint density at radius 2 is 1.48 bits per heavy atom. The quantitative estimate of drug-likeness (QED) is 0.0613. The molecule has 400 valence electrons. The zero-order chi connectivity index (χ0) is 54.5. The fraction of sp³-hybridized carbons (Fsp3) is 0.429. The highest BCUT2D eigenvalue weighted by atomic mass is 16.3. The molecule has 1 fully saturated rings. The Balaban J connectivity index is 1.20. The molecule has 4 aromatic rings. The summed E-state index contributed by atoms with van der Waals surface area (Å²) in [6.45, 7) is 7.12. The summed E-state index contributed by atoms with van der Waals surface area (Å²) >= 11 is 0. The van der Waals surface area contributed by atoms with E-state index in [-0.39, 0.29) is 60.0 Å². The first-order valence-electron chi connectivity index (χ1n) is 25.7. The second kappa shape index (κ2) is 25.9. The monoisotopic (exact) mass is 1030 g/mol. The molecule has 0 radical (unpaired) electrons. The van der Waals surface area contributed by atoms with E-state index in [0.717, 1.165) is 35.3 Å². The van der Waals surface area contributed by atoms with Crippen LogP contribution in [0.1, 0.15) is 106 Å². The number of likely N-dealkylation sites (N-methyl/N-ethyl adjacent to an activating group) is 1. The van der Waals surface area contributed by atoms with Gasteiger partial charge in [0.25, 0.3) is 5.91 Å². The molecule has 19 nitrogen and oxygen atoms in total. The van der Waals surface area contributed by atoms with Crippen LogP contribution >= 0.6 is 0 Å². The average Bonchev–Trinajstić information content (AvgIpc) is 3.90. The molecule has 19 heteroatoms. The first kappa shape index (κ1) is 56.5. The van der Waals surface area contributed by atoms with Crippen LogP contribution in [0, 0.1) is 5.92 Å². The highest BCUT2D eigenvalue weighted by molar-refractivity contribution is 5.98. The van der Waals surface area contributed by atoms with Crippen molar-refractivity contribution in [2.75, 3.05) is 26.7 Å². The molecule has 7 atom stereocenters. The zero-order valence-corrected chi connectivity index (χ0v) is 43.3. The lowest BCUT2D eigenvalue weighted by Gasteiger charge is -2.33. The van der Waals surface area contributed by atoms with E-state index in [4.69, 9.17) is 11.5 Å². The Bertz CT molecular complexity index is 2730. The van der Waals surface area contributed by atoms with Gasteiger partial charge in [0.15, 0.2) is 0 Å². The molecule has 0 aliphatic carbocycles. The molecule has 0 spiro atoms. The number of amides is 8. The number of fused-ring (bicyclic) bond motifs is 5. The number of rotatable bonds is 19. The van der Waals surface area contributed by atoms with Crippen LogP contribution in [0.5, 0.6) is 11.5 Å². The summed E-state index contributed by atoms with van der Waals surface area (Å²) in [5.41, 5.74) is 15.8. The second-order valence-corrected chi connectivity index (χ2v) is 19.6. The summed E-state index contributed by atoms with van der Waals surface area (Å²) in [4.78, 5) is 112. The smallest absolute Gasteiger partial charge is 0.251 e. The van der Waals surface area contributed by atoms with Gasteiger partial charge in [0.05, 0.1) is 5.92 Å². The molecule has 6 rings (SSSR count). The number of likely N-dealkylation sites (tertiary alicyclic amines) is 1. The topological polar surface area (TPSA) is 296 Å². The molecule has 1 saturated heterocycles. The number of nitrogens with two attached hydrogens (primary N) is 2. The summed E-state index contributed by atoms with van der Waals surface area (Å²) in [6, 6.07) is 16.8. The van der Waals surface area contributed by atoms with Gasteiger partial charge in [-0.2, -0.15) is 0 Å². The van der Waals surface area contributed by atoms with Gasteiger partial charge in [-0.05, 0) is 130 Å². The fourth-order valence-corrected chi connectivity index (χ4v) is 9.40. The first-order valence-corrected chi connectivity index (χ1v) is 25.7. The number of phenolic OH excluding ortho intramolecular Hbond substituents is 2. The number of primary amides is 1. The number of unbranched alkanes of at least 4 members (excludes halogenated alkanes) is 2. The minimum Gasteiger partial charge on any atom is -0.507 e. The van der Waals surface area contributed by atoms with Crippen molar-refractivity contribution in [3.63, 3.8) is 0 Å². The Morgan fingerprint density at radius 3 is 2.13 bits per heavy atom. The van der Waals surface area contributed by atoms with Crippen LogP contribution in [-0.2, 0) is 46.4 Å². The number of carbonyl (C=O) groups is 8. The van der Waals surface area contributed by atoms with Gasteiger partial charge in [-0.25, -0.2) is 0 Å². The Kier molecular flexibility index (Phi) is 19.5. The molecule has 0 aromatic heterocycles. The number of aromatic hydroxyl groups is 2. The molecule has 2 aliphatic heterocycles. The summed E-state index contributed by atoms with van der Waals surface area (Å²) in [6.07, 6.45) is 5.10. The van der Waals surface area contributed by atoms with E-state index in [1.165, 1.54) is 67.8 Å². The van der Waals surface area contributed by atoms with Crippen LogP contribution in [-0.4, -0.2) is 124 Å². The molecule has 75 heavy (non-hydrogen) atoms. The fourth-order valence-electron chi connectivity index (χ4n) is 9.40. The average molecular weight is 1030 g/mol. The van der Waals surface area contributed by atoms with Crippen molar-refractivity contribution in [3.8, 4) is 33.8 Å². The van der Waals surface area contributed by atoms with Crippen LogP contribution in [0.15, 0.2) is 84.9 Å². The lowest BCUT2D eigenvalue weighted by molar-refractivity contribution is -0.143. The maximum Gasteiger partial charge on any atom is 0.251 e. The van der Waals surface area contributed by atoms with Gasteiger partial charge < -0.3 is 58.1 Å². The van der Waals surface area contributed by atoms with E-state index in [9.17, 15) is 48.6 Å². The predicted octanol–water partition coefficient (Wildman–Crippen LogP) is 3.48. The van der Waals surface area contributed by atoms with Crippen LogP contribution in [0.3, 0.4) is 0 Å². The van der Waals surface area contributed by atoms with Crippen molar-refractivity contribution in [1.29, 1.82) is 0 Å². The van der Waals surface area contributed by atoms with Crippen molar-refractivity contribution in [1.82, 2.24) is 36.4 Å². The third-order valence-corrected chi connectivity index (χ3v) is 13.9. The zero-order valence-electron chi connectivity index (χ0n) is 43.3. The van der Waals surface area contributed by atoms with Gasteiger partial charge >= 0.3 is 0 Å². The Morgan fingerprint density at radius 1 is 0.827 bits per heavy atom. The maximum absolute atomic E-state index is 14.7. The van der Waals surface area contributed by atoms with Gasteiger partial charge in [-0.3, -0.25) is 38.4 Å². The Labute approximate surface area is 437 Å². The van der Waals surface area contributed by atoms with E-state index in [1.54, 1.807) is 19.1 Å². The largest absolute Gasteiger partial charge is 0.507 e. The number of hydrogen-bond acceptors (Lipinski definition) is 11. The molecule has 2 aliphatic rings. The minimum absolute atomic E-state index is 0.0594. The number of carbonyl (C=O) groups excluding carboxylic acids is 8. The number of phenols is 2. The minimum atomic E-state index is -1.50. The standard InChI is InChI=1S/C56H71N9O10/c1-6-7-11-35-14-17-37(18-15-35)38-19-21-39(22-20-38)52(71)59-31-32(2)50(69)62-43(12-8-9-26-57)56(75)64(5)48-40-23-25-47(67)42(30-40)41-28-36(16-24-46(41)66)29-44(63-51(70)33(3)60-54(48)73)53(72)61-34(4)55(74)65-27-10-13-45(65)49(58)68/h14-25,28,30,32-34,43-45,48,66-67H,6-13,26-27,29,31,57H2,1-5H3,(H2,58,68)(H,59,71)(H,60,73)(H,61,72)(H,62,69)(H,63,70)/t32-,33+,34+,43+,44+,45+,48+/m1/s1. The highest BCUT2D eigenvalue weighted by Gasteiger charge is 2.38. The van der Waals surface area contributed by atoms with Crippen LogP contribution in [0.4, 0.5) is 0 Å². The normalized spacial score (nSPS) is 18.8. The molecule has 11 N–H and O–H groups in total. The molecule has 4 bridgehead atoms. The van der Waals surface area contributed by atoms with E-state index >= 15 is 0 Å².